The molecule has 0 aliphatic heterocycles. The van der Waals surface area contributed by atoms with Crippen LogP contribution in [0.5, 0.6) is 0 Å². The second kappa shape index (κ2) is 5.97. The van der Waals surface area contributed by atoms with Crippen LogP contribution >= 0.6 is 11.6 Å². The van der Waals surface area contributed by atoms with Gasteiger partial charge in [0.2, 0.25) is 5.28 Å². The molecular weight excluding hydrogens is 265 g/mol. The van der Waals surface area contributed by atoms with Gasteiger partial charge in [0.1, 0.15) is 0 Å². The second-order valence-corrected chi connectivity index (χ2v) is 4.86. The number of nitrogens with zero attached hydrogens (tertiary/aromatic N) is 3. The minimum atomic E-state index is -0.464. The van der Waals surface area contributed by atoms with Crippen LogP contribution in [-0.2, 0) is 6.54 Å². The van der Waals surface area contributed by atoms with Crippen molar-refractivity contribution in [3.05, 3.63) is 53.2 Å². The summed E-state index contributed by atoms with van der Waals surface area (Å²) in [5.41, 5.74) is 1.09. The Morgan fingerprint density at radius 1 is 1.26 bits per heavy atom. The standard InChI is InChI=1S/C14H15ClFN3/c1-10(2)19(9-11-6-4-3-5-7-11)13-12(16)8-17-14(15)18-13/h3-8,10H,9H2,1-2H3. The Kier molecular flexibility index (Phi) is 4.32. The Balaban J connectivity index is 2.32. The fourth-order valence-electron chi connectivity index (χ4n) is 1.82. The Morgan fingerprint density at radius 3 is 2.58 bits per heavy atom. The smallest absolute Gasteiger partial charge is 0.224 e. The van der Waals surface area contributed by atoms with Gasteiger partial charge < -0.3 is 4.90 Å². The summed E-state index contributed by atoms with van der Waals surface area (Å²) in [7, 11) is 0. The van der Waals surface area contributed by atoms with E-state index < -0.39 is 5.82 Å². The lowest BCUT2D eigenvalue weighted by atomic mass is 10.2. The third-order valence-electron chi connectivity index (χ3n) is 2.79. The van der Waals surface area contributed by atoms with E-state index in [0.29, 0.717) is 6.54 Å². The van der Waals surface area contributed by atoms with E-state index in [1.807, 2.05) is 49.1 Å². The highest BCUT2D eigenvalue weighted by Crippen LogP contribution is 2.22. The molecule has 0 N–H and O–H groups in total. The Bertz CT molecular complexity index is 546. The Labute approximate surface area is 117 Å². The summed E-state index contributed by atoms with van der Waals surface area (Å²) in [6, 6.07) is 9.95. The molecule has 0 aliphatic carbocycles. The number of aromatic nitrogens is 2. The highest BCUT2D eigenvalue weighted by molar-refractivity contribution is 6.28. The molecule has 100 valence electrons. The van der Waals surface area contributed by atoms with Crippen LogP contribution < -0.4 is 4.90 Å². The summed E-state index contributed by atoms with van der Waals surface area (Å²) in [5, 5.41) is 0.0510. The van der Waals surface area contributed by atoms with Crippen molar-refractivity contribution in [2.24, 2.45) is 0 Å². The second-order valence-electron chi connectivity index (χ2n) is 4.52. The largest absolute Gasteiger partial charge is 0.347 e. The molecule has 0 aliphatic rings. The molecule has 1 aromatic carbocycles. The molecule has 2 rings (SSSR count). The lowest BCUT2D eigenvalue weighted by molar-refractivity contribution is 0.582. The highest BCUT2D eigenvalue weighted by Gasteiger charge is 2.17. The van der Waals surface area contributed by atoms with Crippen molar-refractivity contribution >= 4 is 17.4 Å². The average molecular weight is 280 g/mol. The number of anilines is 1. The maximum atomic E-state index is 13.9. The van der Waals surface area contributed by atoms with E-state index in [1.165, 1.54) is 0 Å². The first-order valence-corrected chi connectivity index (χ1v) is 6.44. The highest BCUT2D eigenvalue weighted by atomic mass is 35.5. The normalized spacial score (nSPS) is 10.8. The van der Waals surface area contributed by atoms with Crippen molar-refractivity contribution in [2.45, 2.75) is 26.4 Å². The van der Waals surface area contributed by atoms with Gasteiger partial charge in [-0.1, -0.05) is 30.3 Å². The van der Waals surface area contributed by atoms with E-state index in [4.69, 9.17) is 11.6 Å². The summed E-state index contributed by atoms with van der Waals surface area (Å²) >= 11 is 5.75. The SMILES string of the molecule is CC(C)N(Cc1ccccc1)c1nc(Cl)ncc1F. The first-order valence-electron chi connectivity index (χ1n) is 6.06. The molecule has 0 amide bonds. The predicted octanol–water partition coefficient (Wildman–Crippen LogP) is 3.68. The first-order chi connectivity index (χ1) is 9.08. The summed E-state index contributed by atoms with van der Waals surface area (Å²) in [4.78, 5) is 9.50. The summed E-state index contributed by atoms with van der Waals surface area (Å²) in [6.45, 7) is 4.54. The van der Waals surface area contributed by atoms with Crippen LogP contribution in [0, 0.1) is 5.82 Å². The molecule has 0 saturated heterocycles. The molecule has 0 unspecified atom stereocenters. The molecule has 0 radical (unpaired) electrons. The summed E-state index contributed by atoms with van der Waals surface area (Å²) in [6.07, 6.45) is 1.10. The van der Waals surface area contributed by atoms with Gasteiger partial charge >= 0.3 is 0 Å². The van der Waals surface area contributed by atoms with Crippen molar-refractivity contribution < 1.29 is 4.39 Å². The van der Waals surface area contributed by atoms with Crippen molar-refractivity contribution in [3.8, 4) is 0 Å². The molecule has 0 bridgehead atoms. The predicted molar refractivity (Wildman–Crippen MR) is 74.8 cm³/mol. The topological polar surface area (TPSA) is 29.0 Å². The molecule has 5 heteroatoms. The van der Waals surface area contributed by atoms with Crippen molar-refractivity contribution in [1.29, 1.82) is 0 Å². The van der Waals surface area contributed by atoms with E-state index in [9.17, 15) is 4.39 Å². The van der Waals surface area contributed by atoms with Gasteiger partial charge in [0.15, 0.2) is 11.6 Å². The van der Waals surface area contributed by atoms with E-state index >= 15 is 0 Å². The molecule has 3 nitrogen and oxygen atoms in total. The maximum absolute atomic E-state index is 13.9. The van der Waals surface area contributed by atoms with Crippen LogP contribution in [0.4, 0.5) is 10.2 Å². The zero-order chi connectivity index (χ0) is 13.8. The Morgan fingerprint density at radius 2 is 1.95 bits per heavy atom. The molecule has 0 fully saturated rings. The molecule has 1 heterocycles. The van der Waals surface area contributed by atoms with Crippen LogP contribution in [-0.4, -0.2) is 16.0 Å². The van der Waals surface area contributed by atoms with Crippen molar-refractivity contribution in [2.75, 3.05) is 4.90 Å². The van der Waals surface area contributed by atoms with Crippen LogP contribution in [0.2, 0.25) is 5.28 Å². The molecule has 1 aromatic heterocycles. The maximum Gasteiger partial charge on any atom is 0.224 e. The quantitative estimate of drug-likeness (QED) is 0.800. The molecular formula is C14H15ClFN3. The van der Waals surface area contributed by atoms with Gasteiger partial charge in [0, 0.05) is 12.6 Å². The molecule has 0 spiro atoms. The molecule has 0 saturated carbocycles. The third-order valence-corrected chi connectivity index (χ3v) is 2.97. The van der Waals surface area contributed by atoms with Crippen LogP contribution in [0.15, 0.2) is 36.5 Å². The molecule has 2 aromatic rings. The van der Waals surface area contributed by atoms with Gasteiger partial charge in [-0.15, -0.1) is 0 Å². The van der Waals surface area contributed by atoms with Crippen molar-refractivity contribution in [1.82, 2.24) is 9.97 Å². The van der Waals surface area contributed by atoms with E-state index in [1.54, 1.807) is 0 Å². The number of hydrogen-bond acceptors (Lipinski definition) is 3. The number of hydrogen-bond donors (Lipinski definition) is 0. The van der Waals surface area contributed by atoms with Crippen LogP contribution in [0.1, 0.15) is 19.4 Å². The van der Waals surface area contributed by atoms with Crippen LogP contribution in [0.3, 0.4) is 0 Å². The van der Waals surface area contributed by atoms with E-state index in [2.05, 4.69) is 9.97 Å². The number of benzene rings is 1. The fraction of sp³-hybridized carbons (Fsp3) is 0.286. The zero-order valence-corrected chi connectivity index (χ0v) is 11.6. The van der Waals surface area contributed by atoms with Gasteiger partial charge in [-0.3, -0.25) is 0 Å². The zero-order valence-electron chi connectivity index (χ0n) is 10.8. The van der Waals surface area contributed by atoms with Gasteiger partial charge in [-0.25, -0.2) is 9.37 Å². The molecule has 19 heavy (non-hydrogen) atoms. The summed E-state index contributed by atoms with van der Waals surface area (Å²) < 4.78 is 13.9. The van der Waals surface area contributed by atoms with Crippen molar-refractivity contribution in [3.63, 3.8) is 0 Å². The first kappa shape index (κ1) is 13.7. The van der Waals surface area contributed by atoms with Gasteiger partial charge in [-0.2, -0.15) is 4.98 Å². The number of rotatable bonds is 4. The van der Waals surface area contributed by atoms with Crippen LogP contribution in [0.25, 0.3) is 0 Å². The minimum absolute atomic E-state index is 0.0510. The monoisotopic (exact) mass is 279 g/mol. The van der Waals surface area contributed by atoms with Gasteiger partial charge in [0.05, 0.1) is 6.20 Å². The fourth-order valence-corrected chi connectivity index (χ4v) is 1.95. The third kappa shape index (κ3) is 3.41. The lowest BCUT2D eigenvalue weighted by Crippen LogP contribution is -2.32. The average Bonchev–Trinajstić information content (AvgIpc) is 2.40. The van der Waals surface area contributed by atoms with Gasteiger partial charge in [0.25, 0.3) is 0 Å². The lowest BCUT2D eigenvalue weighted by Gasteiger charge is -2.28. The Hall–Kier alpha value is -1.68. The summed E-state index contributed by atoms with van der Waals surface area (Å²) in [5.74, 6) is -0.229. The van der Waals surface area contributed by atoms with E-state index in [0.717, 1.165) is 11.8 Å². The van der Waals surface area contributed by atoms with Gasteiger partial charge in [-0.05, 0) is 31.0 Å². The minimum Gasteiger partial charge on any atom is -0.347 e. The number of halogens is 2. The molecule has 0 atom stereocenters. The van der Waals surface area contributed by atoms with E-state index in [-0.39, 0.29) is 17.1 Å².